The molecule has 2 rings (SSSR count). The van der Waals surface area contributed by atoms with Crippen molar-refractivity contribution in [1.82, 2.24) is 9.78 Å². The average molecular weight is 341 g/mol. The van der Waals surface area contributed by atoms with Crippen LogP contribution in [0.15, 0.2) is 41.9 Å². The number of hydrogen-bond donors (Lipinski definition) is 1. The Bertz CT molecular complexity index is 841. The van der Waals surface area contributed by atoms with E-state index in [1.54, 1.807) is 31.5 Å². The molecule has 0 fully saturated rings. The van der Waals surface area contributed by atoms with Gasteiger partial charge >= 0.3 is 5.97 Å². The minimum Gasteiger partial charge on any atom is -0.477 e. The van der Waals surface area contributed by atoms with Crippen molar-refractivity contribution >= 4 is 28.5 Å². The second-order valence-electron chi connectivity index (χ2n) is 6.84. The molecule has 2 aromatic rings. The number of aliphatic carboxylic acids is 1. The molecular weight excluding hydrogens is 318 g/mol. The van der Waals surface area contributed by atoms with Crippen LogP contribution in [0.3, 0.4) is 0 Å². The van der Waals surface area contributed by atoms with Gasteiger partial charge in [0.05, 0.1) is 5.52 Å². The van der Waals surface area contributed by atoms with Crippen LogP contribution in [0, 0.1) is 5.41 Å². The summed E-state index contributed by atoms with van der Waals surface area (Å²) >= 11 is 0. The number of allylic oxidation sites excluding steroid dienone is 1. The summed E-state index contributed by atoms with van der Waals surface area (Å²) in [4.78, 5) is 27.9. The maximum atomic E-state index is 12.6. The van der Waals surface area contributed by atoms with Crippen molar-refractivity contribution < 1.29 is 14.7 Å². The first-order chi connectivity index (χ1) is 11.8. The van der Waals surface area contributed by atoms with Crippen LogP contribution in [0.2, 0.25) is 0 Å². The number of rotatable bonds is 6. The van der Waals surface area contributed by atoms with Gasteiger partial charge in [0.1, 0.15) is 5.71 Å². The van der Waals surface area contributed by atoms with Gasteiger partial charge in [0.25, 0.3) is 5.91 Å². The Morgan fingerprint density at radius 3 is 2.60 bits per heavy atom. The van der Waals surface area contributed by atoms with E-state index in [4.69, 9.17) is 0 Å². The highest BCUT2D eigenvalue weighted by atomic mass is 16.4. The molecule has 1 aromatic carbocycles. The first-order valence-electron chi connectivity index (χ1n) is 8.19. The number of benzene rings is 1. The van der Waals surface area contributed by atoms with Gasteiger partial charge in [-0.05, 0) is 18.9 Å². The van der Waals surface area contributed by atoms with Gasteiger partial charge in [-0.3, -0.25) is 9.48 Å². The lowest BCUT2D eigenvalue weighted by Gasteiger charge is -2.17. The SMILES string of the molecule is C=CCCCn1nc(C(=O)N=C(C(=O)O)C(C)(C)C)c2ccccc21. The van der Waals surface area contributed by atoms with Crippen molar-refractivity contribution in [1.29, 1.82) is 0 Å². The first kappa shape index (κ1) is 18.6. The molecule has 0 aliphatic carbocycles. The molecule has 0 saturated carbocycles. The average Bonchev–Trinajstić information content (AvgIpc) is 2.90. The van der Waals surface area contributed by atoms with Gasteiger partial charge in [-0.1, -0.05) is 45.0 Å². The summed E-state index contributed by atoms with van der Waals surface area (Å²) in [5.41, 5.74) is 0.0850. The van der Waals surface area contributed by atoms with Crippen molar-refractivity contribution in [2.24, 2.45) is 10.4 Å². The number of fused-ring (bicyclic) bond motifs is 1. The molecule has 1 amide bonds. The maximum Gasteiger partial charge on any atom is 0.350 e. The lowest BCUT2D eigenvalue weighted by atomic mass is 9.90. The minimum absolute atomic E-state index is 0.178. The van der Waals surface area contributed by atoms with E-state index in [1.165, 1.54) is 0 Å². The molecule has 0 radical (unpaired) electrons. The van der Waals surface area contributed by atoms with Crippen molar-refractivity contribution in [3.8, 4) is 0 Å². The molecule has 1 aromatic heterocycles. The van der Waals surface area contributed by atoms with Crippen LogP contribution >= 0.6 is 0 Å². The van der Waals surface area contributed by atoms with Crippen molar-refractivity contribution in [2.75, 3.05) is 0 Å². The van der Waals surface area contributed by atoms with Gasteiger partial charge in [-0.15, -0.1) is 6.58 Å². The summed E-state index contributed by atoms with van der Waals surface area (Å²) in [5, 5.41) is 14.4. The molecule has 6 nitrogen and oxygen atoms in total. The standard InChI is InChI=1S/C19H23N3O3/c1-5-6-9-12-22-14-11-8-7-10-13(14)15(21-22)17(23)20-16(18(24)25)19(2,3)4/h5,7-8,10-11H,1,6,9,12H2,2-4H3,(H,24,25). The molecule has 1 N–H and O–H groups in total. The summed E-state index contributed by atoms with van der Waals surface area (Å²) in [5.74, 6) is -1.83. The maximum absolute atomic E-state index is 12.6. The number of carboxylic acids is 1. The van der Waals surface area contributed by atoms with Crippen molar-refractivity contribution in [3.63, 3.8) is 0 Å². The zero-order valence-electron chi connectivity index (χ0n) is 14.8. The van der Waals surface area contributed by atoms with Crippen LogP contribution in [0.4, 0.5) is 0 Å². The molecule has 25 heavy (non-hydrogen) atoms. The summed E-state index contributed by atoms with van der Waals surface area (Å²) in [6.45, 7) is 9.47. The van der Waals surface area contributed by atoms with Gasteiger partial charge in [0, 0.05) is 17.3 Å². The van der Waals surface area contributed by atoms with E-state index in [-0.39, 0.29) is 11.4 Å². The highest BCUT2D eigenvalue weighted by Crippen LogP contribution is 2.22. The van der Waals surface area contributed by atoms with Crippen molar-refractivity contribution in [2.45, 2.75) is 40.2 Å². The molecule has 1 heterocycles. The lowest BCUT2D eigenvalue weighted by Crippen LogP contribution is -2.29. The van der Waals surface area contributed by atoms with Gasteiger partial charge in [-0.25, -0.2) is 9.79 Å². The van der Waals surface area contributed by atoms with E-state index in [9.17, 15) is 14.7 Å². The fourth-order valence-corrected chi connectivity index (χ4v) is 2.53. The van der Waals surface area contributed by atoms with E-state index in [2.05, 4.69) is 16.7 Å². The quantitative estimate of drug-likeness (QED) is 0.493. The number of carbonyl (C=O) groups is 2. The molecule has 0 aliphatic rings. The molecule has 6 heteroatoms. The number of carboxylic acid groups (broad SMARTS) is 1. The van der Waals surface area contributed by atoms with E-state index in [0.29, 0.717) is 11.9 Å². The Morgan fingerprint density at radius 2 is 2.00 bits per heavy atom. The summed E-state index contributed by atoms with van der Waals surface area (Å²) < 4.78 is 1.76. The normalized spacial score (nSPS) is 12.4. The third kappa shape index (κ3) is 4.21. The molecule has 0 saturated heterocycles. The number of aromatic nitrogens is 2. The summed E-state index contributed by atoms with van der Waals surface area (Å²) in [7, 11) is 0. The number of amides is 1. The molecular formula is C19H23N3O3. The second-order valence-corrected chi connectivity index (χ2v) is 6.84. The third-order valence-electron chi connectivity index (χ3n) is 3.77. The smallest absolute Gasteiger partial charge is 0.350 e. The van der Waals surface area contributed by atoms with Crippen LogP contribution in [0.5, 0.6) is 0 Å². The largest absolute Gasteiger partial charge is 0.477 e. The number of aryl methyl sites for hydroxylation is 1. The van der Waals surface area contributed by atoms with E-state index in [0.717, 1.165) is 18.4 Å². The number of nitrogens with zero attached hydrogens (tertiary/aromatic N) is 3. The highest BCUT2D eigenvalue weighted by molar-refractivity contribution is 6.39. The van der Waals surface area contributed by atoms with E-state index < -0.39 is 17.3 Å². The molecule has 0 atom stereocenters. The van der Waals surface area contributed by atoms with Gasteiger partial charge < -0.3 is 5.11 Å². The number of hydrogen-bond acceptors (Lipinski definition) is 3. The Balaban J connectivity index is 2.48. The third-order valence-corrected chi connectivity index (χ3v) is 3.77. The van der Waals surface area contributed by atoms with Crippen LogP contribution in [-0.4, -0.2) is 32.5 Å². The fraction of sp³-hybridized carbons (Fsp3) is 0.368. The van der Waals surface area contributed by atoms with Crippen molar-refractivity contribution in [3.05, 3.63) is 42.6 Å². The zero-order valence-corrected chi connectivity index (χ0v) is 14.8. The second kappa shape index (κ2) is 7.42. The monoisotopic (exact) mass is 341 g/mol. The molecule has 132 valence electrons. The van der Waals surface area contributed by atoms with E-state index in [1.807, 2.05) is 24.3 Å². The predicted molar refractivity (Wildman–Crippen MR) is 98.0 cm³/mol. The van der Waals surface area contributed by atoms with Gasteiger partial charge in [0.2, 0.25) is 0 Å². The molecule has 0 aliphatic heterocycles. The Morgan fingerprint density at radius 1 is 1.32 bits per heavy atom. The summed E-state index contributed by atoms with van der Waals surface area (Å²) in [6, 6.07) is 7.38. The Kier molecular flexibility index (Phi) is 5.51. The first-order valence-corrected chi connectivity index (χ1v) is 8.19. The van der Waals surface area contributed by atoms with Crippen LogP contribution < -0.4 is 0 Å². The van der Waals surface area contributed by atoms with Crippen LogP contribution in [0.25, 0.3) is 10.9 Å². The van der Waals surface area contributed by atoms with Gasteiger partial charge in [-0.2, -0.15) is 5.10 Å². The predicted octanol–water partition coefficient (Wildman–Crippen LogP) is 3.71. The lowest BCUT2D eigenvalue weighted by molar-refractivity contribution is -0.129. The van der Waals surface area contributed by atoms with Crippen LogP contribution in [-0.2, 0) is 11.3 Å². The van der Waals surface area contributed by atoms with Gasteiger partial charge in [0.15, 0.2) is 5.69 Å². The molecule has 0 spiro atoms. The van der Waals surface area contributed by atoms with Crippen LogP contribution in [0.1, 0.15) is 44.1 Å². The number of carbonyl (C=O) groups excluding carboxylic acids is 1. The summed E-state index contributed by atoms with van der Waals surface area (Å²) in [6.07, 6.45) is 3.54. The molecule has 0 bridgehead atoms. The number of para-hydroxylation sites is 1. The Labute approximate surface area is 146 Å². The van der Waals surface area contributed by atoms with E-state index >= 15 is 0 Å². The zero-order chi connectivity index (χ0) is 18.6. The fourth-order valence-electron chi connectivity index (χ4n) is 2.53. The Hall–Kier alpha value is -2.76. The minimum atomic E-state index is -1.20. The topological polar surface area (TPSA) is 84.5 Å². The number of unbranched alkanes of at least 4 members (excludes halogenated alkanes) is 1. The highest BCUT2D eigenvalue weighted by Gasteiger charge is 2.28. The molecule has 0 unspecified atom stereocenters. The number of aliphatic imine (C=N–C) groups is 1.